The Kier molecular flexibility index (Phi) is 5.02. The molecular formula is C14H28O. The summed E-state index contributed by atoms with van der Waals surface area (Å²) in [6.07, 6.45) is 3.32. The molecule has 0 spiro atoms. The van der Waals surface area contributed by atoms with Crippen LogP contribution >= 0.6 is 0 Å². The Bertz CT molecular complexity index is 192. The summed E-state index contributed by atoms with van der Waals surface area (Å²) < 4.78 is 0. The van der Waals surface area contributed by atoms with E-state index >= 15 is 0 Å². The maximum atomic E-state index is 11.1. The van der Waals surface area contributed by atoms with Gasteiger partial charge >= 0.3 is 0 Å². The van der Waals surface area contributed by atoms with Gasteiger partial charge in [-0.05, 0) is 23.2 Å². The van der Waals surface area contributed by atoms with Crippen LogP contribution < -0.4 is 0 Å². The molecule has 2 atom stereocenters. The summed E-state index contributed by atoms with van der Waals surface area (Å²) in [4.78, 5) is 11.1. The van der Waals surface area contributed by atoms with E-state index in [2.05, 4.69) is 48.5 Å². The molecule has 0 saturated heterocycles. The predicted molar refractivity (Wildman–Crippen MR) is 66.9 cm³/mol. The smallest absolute Gasteiger partial charge is 0.123 e. The lowest BCUT2D eigenvalue weighted by atomic mass is 9.69. The fourth-order valence-electron chi connectivity index (χ4n) is 2.05. The summed E-state index contributed by atoms with van der Waals surface area (Å²) in [5.74, 6) is 0.814. The summed E-state index contributed by atoms with van der Waals surface area (Å²) in [5.41, 5.74) is 0.404. The Labute approximate surface area is 95.6 Å². The highest BCUT2D eigenvalue weighted by atomic mass is 16.1. The van der Waals surface area contributed by atoms with Gasteiger partial charge in [0.1, 0.15) is 6.29 Å². The number of carbonyl (C=O) groups excluding carboxylic acids is 1. The summed E-state index contributed by atoms with van der Waals surface area (Å²) >= 11 is 0. The number of carbonyl (C=O) groups is 1. The number of rotatable bonds is 4. The minimum atomic E-state index is 0.0976. The zero-order chi connectivity index (χ0) is 12.3. The van der Waals surface area contributed by atoms with Gasteiger partial charge in [-0.15, -0.1) is 0 Å². The van der Waals surface area contributed by atoms with E-state index < -0.39 is 0 Å². The Morgan fingerprint density at radius 2 is 1.47 bits per heavy atom. The second-order valence-corrected chi connectivity index (χ2v) is 6.82. The highest BCUT2D eigenvalue weighted by molar-refractivity contribution is 5.54. The first-order valence-electron chi connectivity index (χ1n) is 6.08. The average molecular weight is 212 g/mol. The molecule has 0 aliphatic carbocycles. The van der Waals surface area contributed by atoms with Crippen LogP contribution in [-0.2, 0) is 4.79 Å². The lowest BCUT2D eigenvalue weighted by Gasteiger charge is -2.35. The molecule has 0 N–H and O–H groups in total. The van der Waals surface area contributed by atoms with Crippen molar-refractivity contribution < 1.29 is 4.79 Å². The number of hydrogen-bond acceptors (Lipinski definition) is 1. The van der Waals surface area contributed by atoms with Crippen LogP contribution in [0, 0.1) is 22.7 Å². The van der Waals surface area contributed by atoms with Gasteiger partial charge in [0.2, 0.25) is 0 Å². The lowest BCUT2D eigenvalue weighted by molar-refractivity contribution is -0.115. The van der Waals surface area contributed by atoms with E-state index in [4.69, 9.17) is 0 Å². The van der Waals surface area contributed by atoms with Crippen molar-refractivity contribution in [2.45, 2.75) is 61.3 Å². The van der Waals surface area contributed by atoms with E-state index in [1.54, 1.807) is 0 Å². The van der Waals surface area contributed by atoms with E-state index in [1.165, 1.54) is 0 Å². The molecule has 0 fully saturated rings. The highest BCUT2D eigenvalue weighted by Crippen LogP contribution is 2.38. The van der Waals surface area contributed by atoms with E-state index in [1.807, 2.05) is 0 Å². The van der Waals surface area contributed by atoms with Gasteiger partial charge in [0.15, 0.2) is 0 Å². The standard InChI is InChI=1S/C14H28O/c1-8-11(13(2,3)4)9-12(10-15)14(5,6)7/h10-12H,8-9H2,1-7H3. The molecule has 0 saturated carbocycles. The van der Waals surface area contributed by atoms with Crippen LogP contribution in [0.15, 0.2) is 0 Å². The van der Waals surface area contributed by atoms with E-state index in [-0.39, 0.29) is 11.3 Å². The molecule has 90 valence electrons. The molecule has 0 aliphatic heterocycles. The van der Waals surface area contributed by atoms with Crippen molar-refractivity contribution in [2.75, 3.05) is 0 Å². The van der Waals surface area contributed by atoms with Crippen molar-refractivity contribution in [3.8, 4) is 0 Å². The normalized spacial score (nSPS) is 17.3. The van der Waals surface area contributed by atoms with Crippen molar-refractivity contribution >= 4 is 6.29 Å². The van der Waals surface area contributed by atoms with Gasteiger partial charge in [0.05, 0.1) is 0 Å². The van der Waals surface area contributed by atoms with Gasteiger partial charge in [0.25, 0.3) is 0 Å². The number of hydrogen-bond donors (Lipinski definition) is 0. The first kappa shape index (κ1) is 14.7. The quantitative estimate of drug-likeness (QED) is 0.635. The molecule has 0 radical (unpaired) electrons. The van der Waals surface area contributed by atoms with Crippen LogP contribution in [0.3, 0.4) is 0 Å². The zero-order valence-corrected chi connectivity index (χ0v) is 11.6. The first-order chi connectivity index (χ1) is 6.62. The monoisotopic (exact) mass is 212 g/mol. The molecule has 0 aliphatic rings. The van der Waals surface area contributed by atoms with Crippen LogP contribution in [0.4, 0.5) is 0 Å². The summed E-state index contributed by atoms with van der Waals surface area (Å²) in [6, 6.07) is 0. The van der Waals surface area contributed by atoms with Gasteiger partial charge in [-0.3, -0.25) is 0 Å². The van der Waals surface area contributed by atoms with Gasteiger partial charge in [-0.25, -0.2) is 0 Å². The average Bonchev–Trinajstić information content (AvgIpc) is 2.01. The van der Waals surface area contributed by atoms with Crippen molar-refractivity contribution in [3.05, 3.63) is 0 Å². The topological polar surface area (TPSA) is 17.1 Å². The second kappa shape index (κ2) is 5.14. The van der Waals surface area contributed by atoms with Crippen LogP contribution in [0.5, 0.6) is 0 Å². The highest BCUT2D eigenvalue weighted by Gasteiger charge is 2.31. The zero-order valence-electron chi connectivity index (χ0n) is 11.6. The molecule has 0 rings (SSSR count). The summed E-state index contributed by atoms with van der Waals surface area (Å²) in [7, 11) is 0. The van der Waals surface area contributed by atoms with Crippen molar-refractivity contribution in [2.24, 2.45) is 22.7 Å². The molecule has 1 heteroatoms. The third kappa shape index (κ3) is 4.81. The van der Waals surface area contributed by atoms with Gasteiger partial charge in [0, 0.05) is 5.92 Å². The molecule has 15 heavy (non-hydrogen) atoms. The molecule has 2 unspecified atom stereocenters. The lowest BCUT2D eigenvalue weighted by Crippen LogP contribution is -2.29. The van der Waals surface area contributed by atoms with Crippen molar-refractivity contribution in [1.29, 1.82) is 0 Å². The molecule has 0 amide bonds. The second-order valence-electron chi connectivity index (χ2n) is 6.82. The van der Waals surface area contributed by atoms with E-state index in [0.29, 0.717) is 11.3 Å². The number of aldehydes is 1. The van der Waals surface area contributed by atoms with Crippen LogP contribution in [0.2, 0.25) is 0 Å². The Balaban J connectivity index is 4.60. The Hall–Kier alpha value is -0.330. The third-order valence-electron chi connectivity index (χ3n) is 3.53. The van der Waals surface area contributed by atoms with E-state index in [0.717, 1.165) is 19.1 Å². The Morgan fingerprint density at radius 3 is 1.67 bits per heavy atom. The predicted octanol–water partition coefficient (Wildman–Crippen LogP) is 4.31. The Morgan fingerprint density at radius 1 is 1.00 bits per heavy atom. The fourth-order valence-corrected chi connectivity index (χ4v) is 2.05. The fraction of sp³-hybridized carbons (Fsp3) is 0.929. The molecule has 0 aromatic heterocycles. The maximum Gasteiger partial charge on any atom is 0.123 e. The van der Waals surface area contributed by atoms with Crippen molar-refractivity contribution in [1.82, 2.24) is 0 Å². The first-order valence-corrected chi connectivity index (χ1v) is 6.08. The van der Waals surface area contributed by atoms with Crippen LogP contribution in [0.25, 0.3) is 0 Å². The third-order valence-corrected chi connectivity index (χ3v) is 3.53. The molecule has 0 aromatic carbocycles. The van der Waals surface area contributed by atoms with Crippen LogP contribution in [-0.4, -0.2) is 6.29 Å². The van der Waals surface area contributed by atoms with Crippen LogP contribution in [0.1, 0.15) is 61.3 Å². The molecule has 1 nitrogen and oxygen atoms in total. The SMILES string of the molecule is CCC(CC(C=O)C(C)(C)C)C(C)(C)C. The van der Waals surface area contributed by atoms with Gasteiger partial charge in [-0.2, -0.15) is 0 Å². The summed E-state index contributed by atoms with van der Waals surface area (Å²) in [6.45, 7) is 15.5. The largest absolute Gasteiger partial charge is 0.303 e. The van der Waals surface area contributed by atoms with Crippen molar-refractivity contribution in [3.63, 3.8) is 0 Å². The minimum absolute atomic E-state index is 0.0976. The maximum absolute atomic E-state index is 11.1. The summed E-state index contributed by atoms with van der Waals surface area (Å²) in [5, 5.41) is 0. The minimum Gasteiger partial charge on any atom is -0.303 e. The van der Waals surface area contributed by atoms with E-state index in [9.17, 15) is 4.79 Å². The van der Waals surface area contributed by atoms with Gasteiger partial charge < -0.3 is 4.79 Å². The van der Waals surface area contributed by atoms with Gasteiger partial charge in [-0.1, -0.05) is 54.9 Å². The molecule has 0 heterocycles. The molecule has 0 bridgehead atoms. The molecular weight excluding hydrogens is 184 g/mol. The molecule has 0 aromatic rings.